The van der Waals surface area contributed by atoms with E-state index < -0.39 is 0 Å². The first-order valence-electron chi connectivity index (χ1n) is 6.05. The van der Waals surface area contributed by atoms with Crippen LogP contribution in [0.1, 0.15) is 19.8 Å². The normalized spacial score (nSPS) is 18.4. The van der Waals surface area contributed by atoms with Crippen molar-refractivity contribution in [2.45, 2.75) is 19.8 Å². The molecule has 2 aromatic rings. The van der Waals surface area contributed by atoms with Gasteiger partial charge in [0.05, 0.1) is 10.2 Å². The van der Waals surface area contributed by atoms with Crippen molar-refractivity contribution < 1.29 is 0 Å². The third-order valence-electron chi connectivity index (χ3n) is 3.08. The molecule has 4 heteroatoms. The van der Waals surface area contributed by atoms with E-state index in [9.17, 15) is 0 Å². The number of rotatable bonds is 2. The molecular formula is C13H15N3S. The number of fused-ring (bicyclic) bond motifs is 1. The molecule has 1 fully saturated rings. The molecular weight excluding hydrogens is 230 g/mol. The molecule has 0 N–H and O–H groups in total. The molecule has 0 saturated carbocycles. The third-order valence-corrected chi connectivity index (χ3v) is 4.01. The highest BCUT2D eigenvalue weighted by Gasteiger charge is 2.17. The van der Waals surface area contributed by atoms with E-state index in [1.54, 1.807) is 11.3 Å². The Morgan fingerprint density at radius 1 is 1.41 bits per heavy atom. The highest BCUT2D eigenvalue weighted by Crippen LogP contribution is 2.28. The molecule has 17 heavy (non-hydrogen) atoms. The maximum Gasteiger partial charge on any atom is 0.211 e. The zero-order chi connectivity index (χ0) is 11.7. The van der Waals surface area contributed by atoms with E-state index in [1.807, 2.05) is 18.2 Å². The number of benzene rings is 1. The Hall–Kier alpha value is -1.42. The van der Waals surface area contributed by atoms with Gasteiger partial charge in [-0.05, 0) is 25.5 Å². The summed E-state index contributed by atoms with van der Waals surface area (Å²) in [6, 6.07) is 8.21. The lowest BCUT2D eigenvalue weighted by molar-refractivity contribution is 0.479. The van der Waals surface area contributed by atoms with Gasteiger partial charge < -0.3 is 4.90 Å². The first-order valence-corrected chi connectivity index (χ1v) is 6.86. The van der Waals surface area contributed by atoms with E-state index in [-0.39, 0.29) is 0 Å². The summed E-state index contributed by atoms with van der Waals surface area (Å²) in [7, 11) is 0. The van der Waals surface area contributed by atoms with Gasteiger partial charge in [-0.2, -0.15) is 0 Å². The van der Waals surface area contributed by atoms with Gasteiger partial charge in [-0.1, -0.05) is 23.5 Å². The van der Waals surface area contributed by atoms with Crippen LogP contribution in [0, 0.1) is 0 Å². The molecule has 1 saturated heterocycles. The lowest BCUT2D eigenvalue weighted by Crippen LogP contribution is -2.23. The Morgan fingerprint density at radius 2 is 2.29 bits per heavy atom. The molecule has 88 valence electrons. The van der Waals surface area contributed by atoms with E-state index in [0.29, 0.717) is 0 Å². The van der Waals surface area contributed by atoms with E-state index >= 15 is 0 Å². The summed E-state index contributed by atoms with van der Waals surface area (Å²) in [5, 5.41) is 0.890. The second-order valence-electron chi connectivity index (χ2n) is 4.18. The Kier molecular flexibility index (Phi) is 2.81. The maximum absolute atomic E-state index is 4.70. The van der Waals surface area contributed by atoms with Crippen molar-refractivity contribution in [2.24, 2.45) is 4.99 Å². The van der Waals surface area contributed by atoms with Gasteiger partial charge >= 0.3 is 0 Å². The fourth-order valence-electron chi connectivity index (χ4n) is 2.20. The number of para-hydroxylation sites is 1. The van der Waals surface area contributed by atoms with E-state index in [0.717, 1.165) is 30.2 Å². The Bertz CT molecular complexity index is 526. The number of hydrogen-bond acceptors (Lipinski definition) is 3. The summed E-state index contributed by atoms with van der Waals surface area (Å²) in [6.45, 7) is 4.36. The predicted molar refractivity (Wildman–Crippen MR) is 73.2 cm³/mol. The van der Waals surface area contributed by atoms with Gasteiger partial charge in [0, 0.05) is 19.5 Å². The molecule has 0 bridgehead atoms. The molecule has 0 amide bonds. The summed E-state index contributed by atoms with van der Waals surface area (Å²) >= 11 is 1.67. The van der Waals surface area contributed by atoms with Crippen LogP contribution >= 0.6 is 11.3 Å². The summed E-state index contributed by atoms with van der Waals surface area (Å²) in [5.41, 5.74) is 1.05. The van der Waals surface area contributed by atoms with Gasteiger partial charge in [0.2, 0.25) is 5.13 Å². The Balaban J connectivity index is 1.96. The number of likely N-dealkylation sites (tertiary alicyclic amines) is 1. The van der Waals surface area contributed by atoms with E-state index in [2.05, 4.69) is 22.9 Å². The number of hydrogen-bond donors (Lipinski definition) is 0. The van der Waals surface area contributed by atoms with Crippen LogP contribution in [0.25, 0.3) is 10.2 Å². The second kappa shape index (κ2) is 4.45. The Labute approximate surface area is 105 Å². The lowest BCUT2D eigenvalue weighted by Gasteiger charge is -2.14. The highest BCUT2D eigenvalue weighted by atomic mass is 32.1. The molecule has 0 radical (unpaired) electrons. The summed E-state index contributed by atoms with van der Waals surface area (Å²) < 4.78 is 1.22. The summed E-state index contributed by atoms with van der Waals surface area (Å²) in [4.78, 5) is 11.6. The van der Waals surface area contributed by atoms with Crippen LogP contribution in [0.3, 0.4) is 0 Å². The molecule has 0 atom stereocenters. The van der Waals surface area contributed by atoms with Crippen LogP contribution in [0.2, 0.25) is 0 Å². The lowest BCUT2D eigenvalue weighted by atomic mass is 10.3. The molecule has 0 aliphatic carbocycles. The molecule has 1 aromatic heterocycles. The largest absolute Gasteiger partial charge is 0.360 e. The Morgan fingerprint density at radius 3 is 3.12 bits per heavy atom. The van der Waals surface area contributed by atoms with Crippen LogP contribution in [0.5, 0.6) is 0 Å². The van der Waals surface area contributed by atoms with Crippen molar-refractivity contribution in [1.29, 1.82) is 0 Å². The minimum Gasteiger partial charge on any atom is -0.360 e. The average molecular weight is 245 g/mol. The number of aromatic nitrogens is 1. The van der Waals surface area contributed by atoms with Gasteiger partial charge in [-0.15, -0.1) is 0 Å². The van der Waals surface area contributed by atoms with E-state index in [1.165, 1.54) is 17.0 Å². The molecule has 0 unspecified atom stereocenters. The van der Waals surface area contributed by atoms with Gasteiger partial charge in [0.25, 0.3) is 0 Å². The van der Waals surface area contributed by atoms with Crippen LogP contribution in [-0.2, 0) is 0 Å². The van der Waals surface area contributed by atoms with Crippen LogP contribution in [0.4, 0.5) is 5.13 Å². The van der Waals surface area contributed by atoms with Crippen LogP contribution in [0.15, 0.2) is 29.3 Å². The molecule has 1 aliphatic rings. The molecule has 0 spiro atoms. The number of thiazole rings is 1. The first kappa shape index (κ1) is 10.7. The topological polar surface area (TPSA) is 28.5 Å². The second-order valence-corrected chi connectivity index (χ2v) is 5.18. The van der Waals surface area contributed by atoms with Gasteiger partial charge in [-0.25, -0.2) is 9.98 Å². The minimum atomic E-state index is 0.890. The zero-order valence-corrected chi connectivity index (χ0v) is 10.7. The fraction of sp³-hybridized carbons (Fsp3) is 0.385. The van der Waals surface area contributed by atoms with Crippen LogP contribution in [-0.4, -0.2) is 28.8 Å². The summed E-state index contributed by atoms with van der Waals surface area (Å²) in [5.74, 6) is 1.20. The zero-order valence-electron chi connectivity index (χ0n) is 9.89. The smallest absolute Gasteiger partial charge is 0.211 e. The molecule has 1 aliphatic heterocycles. The molecule has 1 aromatic carbocycles. The van der Waals surface area contributed by atoms with Crippen molar-refractivity contribution in [2.75, 3.05) is 13.1 Å². The fourth-order valence-corrected chi connectivity index (χ4v) is 3.06. The average Bonchev–Trinajstić information content (AvgIpc) is 2.94. The van der Waals surface area contributed by atoms with Crippen molar-refractivity contribution in [3.8, 4) is 0 Å². The molecule has 3 rings (SSSR count). The monoisotopic (exact) mass is 245 g/mol. The number of nitrogens with zero attached hydrogens (tertiary/aromatic N) is 3. The SMILES string of the molecule is CCN1CCC/C1=N\c1nc2ccccc2s1. The van der Waals surface area contributed by atoms with Crippen molar-refractivity contribution in [3.63, 3.8) is 0 Å². The van der Waals surface area contributed by atoms with Crippen molar-refractivity contribution >= 4 is 32.5 Å². The minimum absolute atomic E-state index is 0.890. The molecule has 3 nitrogen and oxygen atoms in total. The third kappa shape index (κ3) is 2.05. The standard InChI is InChI=1S/C13H15N3S/c1-2-16-9-5-8-12(16)15-13-14-10-6-3-4-7-11(10)17-13/h3-4,6-7H,2,5,8-9H2,1H3/b15-12+. The first-order chi connectivity index (χ1) is 8.36. The van der Waals surface area contributed by atoms with Crippen molar-refractivity contribution in [1.82, 2.24) is 9.88 Å². The predicted octanol–water partition coefficient (Wildman–Crippen LogP) is 3.44. The highest BCUT2D eigenvalue weighted by molar-refractivity contribution is 7.22. The molecule has 2 heterocycles. The number of amidine groups is 1. The summed E-state index contributed by atoms with van der Waals surface area (Å²) in [6.07, 6.45) is 2.31. The van der Waals surface area contributed by atoms with Crippen molar-refractivity contribution in [3.05, 3.63) is 24.3 Å². The van der Waals surface area contributed by atoms with Gasteiger partial charge in [-0.3, -0.25) is 0 Å². The maximum atomic E-state index is 4.70. The van der Waals surface area contributed by atoms with Gasteiger partial charge in [0.1, 0.15) is 5.84 Å². The van der Waals surface area contributed by atoms with E-state index in [4.69, 9.17) is 4.99 Å². The van der Waals surface area contributed by atoms with Crippen LogP contribution < -0.4 is 0 Å². The number of aliphatic imine (C=N–C) groups is 1. The van der Waals surface area contributed by atoms with Gasteiger partial charge in [0.15, 0.2) is 0 Å². The quantitative estimate of drug-likeness (QED) is 0.810.